The largest absolute Gasteiger partial charge is 0.341 e. The summed E-state index contributed by atoms with van der Waals surface area (Å²) in [5.41, 5.74) is 3.89. The molecule has 0 radical (unpaired) electrons. The summed E-state index contributed by atoms with van der Waals surface area (Å²) in [6, 6.07) is 16.2. The van der Waals surface area contributed by atoms with Gasteiger partial charge in [0.1, 0.15) is 6.54 Å². The second-order valence-corrected chi connectivity index (χ2v) is 8.02. The lowest BCUT2D eigenvalue weighted by Crippen LogP contribution is -2.41. The number of carbonyl (C=O) groups excluding carboxylic acids is 1. The van der Waals surface area contributed by atoms with Gasteiger partial charge in [0.05, 0.1) is 17.2 Å². The molecule has 4 rings (SSSR count). The van der Waals surface area contributed by atoms with E-state index in [1.165, 1.54) is 28.3 Å². The molecular formula is C24H27N3O2. The molecule has 0 saturated carbocycles. The van der Waals surface area contributed by atoms with E-state index in [9.17, 15) is 9.59 Å². The zero-order valence-electron chi connectivity index (χ0n) is 16.9. The van der Waals surface area contributed by atoms with Gasteiger partial charge in [-0.3, -0.25) is 14.2 Å². The van der Waals surface area contributed by atoms with Crippen molar-refractivity contribution in [2.24, 2.45) is 5.92 Å². The van der Waals surface area contributed by atoms with Crippen molar-refractivity contribution in [3.8, 4) is 0 Å². The first-order valence-corrected chi connectivity index (χ1v) is 10.4. The van der Waals surface area contributed by atoms with E-state index in [-0.39, 0.29) is 18.0 Å². The van der Waals surface area contributed by atoms with Gasteiger partial charge in [0.25, 0.3) is 5.56 Å². The molecule has 0 N–H and O–H groups in total. The van der Waals surface area contributed by atoms with Gasteiger partial charge >= 0.3 is 0 Å². The molecule has 1 aromatic heterocycles. The van der Waals surface area contributed by atoms with Crippen molar-refractivity contribution in [2.75, 3.05) is 13.1 Å². The molecule has 5 nitrogen and oxygen atoms in total. The van der Waals surface area contributed by atoms with E-state index < -0.39 is 0 Å². The first kappa shape index (κ1) is 19.4. The molecule has 1 aliphatic heterocycles. The van der Waals surface area contributed by atoms with Crippen molar-refractivity contribution in [3.05, 3.63) is 76.2 Å². The van der Waals surface area contributed by atoms with Crippen LogP contribution in [0.2, 0.25) is 0 Å². The maximum atomic E-state index is 12.8. The van der Waals surface area contributed by atoms with E-state index in [4.69, 9.17) is 0 Å². The number of hydrogen-bond acceptors (Lipinski definition) is 3. The van der Waals surface area contributed by atoms with Crippen molar-refractivity contribution in [2.45, 2.75) is 39.2 Å². The number of aryl methyl sites for hydroxylation is 2. The lowest BCUT2D eigenvalue weighted by molar-refractivity contribution is -0.133. The minimum absolute atomic E-state index is 0.0143. The maximum absolute atomic E-state index is 12.8. The summed E-state index contributed by atoms with van der Waals surface area (Å²) < 4.78 is 1.54. The van der Waals surface area contributed by atoms with E-state index in [0.29, 0.717) is 11.4 Å². The lowest BCUT2D eigenvalue weighted by atomic mass is 9.90. The highest BCUT2D eigenvalue weighted by Gasteiger charge is 2.23. The van der Waals surface area contributed by atoms with Crippen LogP contribution >= 0.6 is 0 Å². The minimum Gasteiger partial charge on any atom is -0.341 e. The lowest BCUT2D eigenvalue weighted by Gasteiger charge is -2.32. The fourth-order valence-electron chi connectivity index (χ4n) is 4.11. The Morgan fingerprint density at radius 3 is 2.55 bits per heavy atom. The van der Waals surface area contributed by atoms with Gasteiger partial charge in [-0.2, -0.15) is 0 Å². The number of benzene rings is 2. The second-order valence-electron chi connectivity index (χ2n) is 8.02. The Morgan fingerprint density at radius 2 is 1.79 bits per heavy atom. The predicted molar refractivity (Wildman–Crippen MR) is 115 cm³/mol. The zero-order valence-corrected chi connectivity index (χ0v) is 16.9. The number of fused-ring (bicyclic) bond motifs is 1. The van der Waals surface area contributed by atoms with Gasteiger partial charge in [0, 0.05) is 13.1 Å². The summed E-state index contributed by atoms with van der Waals surface area (Å²) in [5.74, 6) is 0.672. The smallest absolute Gasteiger partial charge is 0.269 e. The molecule has 29 heavy (non-hydrogen) atoms. The van der Waals surface area contributed by atoms with Crippen molar-refractivity contribution < 1.29 is 4.79 Å². The van der Waals surface area contributed by atoms with Crippen LogP contribution in [0.4, 0.5) is 0 Å². The number of aromatic nitrogens is 2. The molecule has 2 aromatic carbocycles. The van der Waals surface area contributed by atoms with Crippen LogP contribution in [0.15, 0.2) is 59.5 Å². The third-order valence-corrected chi connectivity index (χ3v) is 5.98. The van der Waals surface area contributed by atoms with Crippen LogP contribution in [0.5, 0.6) is 0 Å². The molecule has 0 bridgehead atoms. The Kier molecular flexibility index (Phi) is 5.74. The van der Waals surface area contributed by atoms with Crippen LogP contribution in [-0.2, 0) is 17.8 Å². The molecule has 0 aliphatic carbocycles. The monoisotopic (exact) mass is 389 g/mol. The van der Waals surface area contributed by atoms with Gasteiger partial charge in [0.15, 0.2) is 0 Å². The van der Waals surface area contributed by atoms with Crippen molar-refractivity contribution in [1.29, 1.82) is 0 Å². The number of rotatable bonds is 5. The SMILES string of the molecule is Cc1ccc(CCC2CCN(C(=O)Cn3c(=O)cnc4ccccc43)CC2)cc1. The van der Waals surface area contributed by atoms with E-state index >= 15 is 0 Å². The highest BCUT2D eigenvalue weighted by atomic mass is 16.2. The summed E-state index contributed by atoms with van der Waals surface area (Å²) in [7, 11) is 0. The summed E-state index contributed by atoms with van der Waals surface area (Å²) in [4.78, 5) is 31.2. The molecule has 1 aliphatic rings. The molecule has 1 saturated heterocycles. The van der Waals surface area contributed by atoms with E-state index in [0.717, 1.165) is 37.9 Å². The first-order valence-electron chi connectivity index (χ1n) is 10.4. The predicted octanol–water partition coefficient (Wildman–Crippen LogP) is 3.58. The van der Waals surface area contributed by atoms with E-state index in [1.807, 2.05) is 29.2 Å². The van der Waals surface area contributed by atoms with Gasteiger partial charge in [-0.25, -0.2) is 4.98 Å². The van der Waals surface area contributed by atoms with Gasteiger partial charge in [-0.1, -0.05) is 42.0 Å². The summed E-state index contributed by atoms with van der Waals surface area (Å²) >= 11 is 0. The number of piperidine rings is 1. The molecule has 0 atom stereocenters. The summed E-state index contributed by atoms with van der Waals surface area (Å²) in [6.45, 7) is 3.74. The van der Waals surface area contributed by atoms with Crippen LogP contribution < -0.4 is 5.56 Å². The van der Waals surface area contributed by atoms with Crippen LogP contribution in [-0.4, -0.2) is 33.4 Å². The van der Waals surface area contributed by atoms with Crippen LogP contribution in [0.1, 0.15) is 30.4 Å². The number of amides is 1. The molecule has 1 amide bonds. The minimum atomic E-state index is -0.231. The number of hydrogen-bond donors (Lipinski definition) is 0. The quantitative estimate of drug-likeness (QED) is 0.670. The topological polar surface area (TPSA) is 55.2 Å². The maximum Gasteiger partial charge on any atom is 0.269 e. The van der Waals surface area contributed by atoms with Gasteiger partial charge in [-0.05, 0) is 56.2 Å². The third-order valence-electron chi connectivity index (χ3n) is 5.98. The molecule has 0 spiro atoms. The first-order chi connectivity index (χ1) is 14.1. The van der Waals surface area contributed by atoms with E-state index in [2.05, 4.69) is 36.2 Å². The molecule has 0 unspecified atom stereocenters. The average Bonchev–Trinajstić information content (AvgIpc) is 2.75. The van der Waals surface area contributed by atoms with Crippen molar-refractivity contribution in [1.82, 2.24) is 14.5 Å². The molecule has 3 aromatic rings. The Morgan fingerprint density at radius 1 is 1.07 bits per heavy atom. The van der Waals surface area contributed by atoms with Crippen molar-refractivity contribution in [3.63, 3.8) is 0 Å². The molecule has 5 heteroatoms. The molecule has 150 valence electrons. The Balaban J connectivity index is 1.33. The third kappa shape index (κ3) is 4.56. The molecule has 1 fully saturated rings. The summed E-state index contributed by atoms with van der Waals surface area (Å²) in [5, 5.41) is 0. The zero-order chi connectivity index (χ0) is 20.2. The fourth-order valence-corrected chi connectivity index (χ4v) is 4.11. The van der Waals surface area contributed by atoms with Gasteiger partial charge in [0.2, 0.25) is 5.91 Å². The number of likely N-dealkylation sites (tertiary alicyclic amines) is 1. The van der Waals surface area contributed by atoms with Crippen LogP contribution in [0.3, 0.4) is 0 Å². The average molecular weight is 389 g/mol. The highest BCUT2D eigenvalue weighted by Crippen LogP contribution is 2.23. The van der Waals surface area contributed by atoms with Crippen LogP contribution in [0, 0.1) is 12.8 Å². The Labute approximate surface area is 171 Å². The standard InChI is InChI=1S/C24H27N3O2/c1-18-6-8-19(9-7-18)10-11-20-12-14-26(15-13-20)24(29)17-27-22-5-3-2-4-21(22)25-16-23(27)28/h2-9,16,20H,10-15,17H2,1H3. The Bertz CT molecular complexity index is 1050. The number of nitrogens with zero attached hydrogens (tertiary/aromatic N) is 3. The Hall–Kier alpha value is -2.95. The number of carbonyl (C=O) groups is 1. The fraction of sp³-hybridized carbons (Fsp3) is 0.375. The number of para-hydroxylation sites is 2. The summed E-state index contributed by atoms with van der Waals surface area (Å²) in [6.07, 6.45) is 5.62. The molecular weight excluding hydrogens is 362 g/mol. The van der Waals surface area contributed by atoms with Crippen molar-refractivity contribution >= 4 is 16.9 Å². The van der Waals surface area contributed by atoms with Gasteiger partial charge < -0.3 is 4.90 Å². The highest BCUT2D eigenvalue weighted by molar-refractivity contribution is 5.80. The molecule has 2 heterocycles. The second kappa shape index (κ2) is 8.60. The van der Waals surface area contributed by atoms with E-state index in [1.54, 1.807) is 0 Å². The van der Waals surface area contributed by atoms with Gasteiger partial charge in [-0.15, -0.1) is 0 Å². The van der Waals surface area contributed by atoms with Crippen LogP contribution in [0.25, 0.3) is 11.0 Å². The normalized spacial score (nSPS) is 15.0.